The molecule has 4 nitrogen and oxygen atoms in total. The van der Waals surface area contributed by atoms with Crippen LogP contribution in [0.3, 0.4) is 0 Å². The molecule has 20 heavy (non-hydrogen) atoms. The Morgan fingerprint density at radius 3 is 3.10 bits per heavy atom. The Kier molecular flexibility index (Phi) is 3.81. The van der Waals surface area contributed by atoms with E-state index in [-0.39, 0.29) is 6.04 Å². The fourth-order valence-corrected chi connectivity index (χ4v) is 2.70. The summed E-state index contributed by atoms with van der Waals surface area (Å²) in [5.41, 5.74) is 2.79. The molecular formula is C16H19N3O. The average Bonchev–Trinajstić information content (AvgIpc) is 2.48. The maximum atomic E-state index is 5.41. The summed E-state index contributed by atoms with van der Waals surface area (Å²) in [5, 5.41) is 3.43. The third kappa shape index (κ3) is 2.74. The summed E-state index contributed by atoms with van der Waals surface area (Å²) < 4.78 is 5.41. The van der Waals surface area contributed by atoms with Crippen molar-refractivity contribution >= 4 is 5.95 Å². The first-order valence-electron chi connectivity index (χ1n) is 7.17. The molecule has 1 unspecified atom stereocenters. The molecule has 1 aliphatic carbocycles. The standard InChI is InChI=1S/C16H19N3O/c1-2-20-15-10-11-17-16(19-15)18-14-9-5-7-12-6-3-4-8-13(12)14/h3-4,6,8,10-11,14H,2,5,7,9H2,1H3,(H,17,18,19). The Bertz CT molecular complexity index is 585. The fourth-order valence-electron chi connectivity index (χ4n) is 2.70. The lowest BCUT2D eigenvalue weighted by Crippen LogP contribution is -2.18. The highest BCUT2D eigenvalue weighted by molar-refractivity contribution is 5.39. The van der Waals surface area contributed by atoms with E-state index in [1.165, 1.54) is 17.5 Å². The van der Waals surface area contributed by atoms with E-state index in [0.717, 1.165) is 12.8 Å². The number of aryl methyl sites for hydroxylation is 1. The summed E-state index contributed by atoms with van der Waals surface area (Å²) in [6.45, 7) is 2.56. The van der Waals surface area contributed by atoms with E-state index in [4.69, 9.17) is 4.74 Å². The van der Waals surface area contributed by atoms with Crippen LogP contribution < -0.4 is 10.1 Å². The molecule has 1 aromatic heterocycles. The molecule has 0 saturated carbocycles. The Labute approximate surface area is 119 Å². The van der Waals surface area contributed by atoms with Crippen molar-refractivity contribution in [3.63, 3.8) is 0 Å². The van der Waals surface area contributed by atoms with Crippen LogP contribution in [-0.2, 0) is 6.42 Å². The van der Waals surface area contributed by atoms with E-state index in [0.29, 0.717) is 18.4 Å². The maximum Gasteiger partial charge on any atom is 0.226 e. The monoisotopic (exact) mass is 269 g/mol. The van der Waals surface area contributed by atoms with Gasteiger partial charge in [0.1, 0.15) is 0 Å². The third-order valence-electron chi connectivity index (χ3n) is 3.60. The number of benzene rings is 1. The van der Waals surface area contributed by atoms with E-state index in [9.17, 15) is 0 Å². The van der Waals surface area contributed by atoms with Gasteiger partial charge >= 0.3 is 0 Å². The Morgan fingerprint density at radius 2 is 2.20 bits per heavy atom. The molecule has 0 amide bonds. The molecule has 0 bridgehead atoms. The number of anilines is 1. The van der Waals surface area contributed by atoms with Crippen LogP contribution in [-0.4, -0.2) is 16.6 Å². The van der Waals surface area contributed by atoms with E-state index in [2.05, 4.69) is 39.6 Å². The number of ether oxygens (including phenoxy) is 1. The van der Waals surface area contributed by atoms with Gasteiger partial charge in [-0.25, -0.2) is 4.98 Å². The van der Waals surface area contributed by atoms with E-state index in [1.807, 2.05) is 6.92 Å². The predicted molar refractivity (Wildman–Crippen MR) is 78.9 cm³/mol. The lowest BCUT2D eigenvalue weighted by molar-refractivity contribution is 0.326. The fraction of sp³-hybridized carbons (Fsp3) is 0.375. The normalized spacial score (nSPS) is 17.4. The van der Waals surface area contributed by atoms with Crippen LogP contribution in [0.5, 0.6) is 5.88 Å². The van der Waals surface area contributed by atoms with Crippen molar-refractivity contribution in [1.82, 2.24) is 9.97 Å². The van der Waals surface area contributed by atoms with Gasteiger partial charge in [0.2, 0.25) is 11.8 Å². The topological polar surface area (TPSA) is 47.0 Å². The van der Waals surface area contributed by atoms with Gasteiger partial charge in [-0.05, 0) is 37.3 Å². The van der Waals surface area contributed by atoms with Crippen molar-refractivity contribution in [3.8, 4) is 5.88 Å². The molecule has 1 atom stereocenters. The SMILES string of the molecule is CCOc1ccnc(NC2CCCc3ccccc32)n1. The lowest BCUT2D eigenvalue weighted by atomic mass is 9.88. The first kappa shape index (κ1) is 12.9. The van der Waals surface area contributed by atoms with Crippen LogP contribution >= 0.6 is 0 Å². The summed E-state index contributed by atoms with van der Waals surface area (Å²) in [5.74, 6) is 1.26. The Hall–Kier alpha value is -2.10. The number of hydrogen-bond donors (Lipinski definition) is 1. The van der Waals surface area contributed by atoms with Gasteiger partial charge in [-0.2, -0.15) is 4.98 Å². The minimum Gasteiger partial charge on any atom is -0.478 e. The van der Waals surface area contributed by atoms with Crippen LogP contribution in [0.15, 0.2) is 36.5 Å². The molecule has 104 valence electrons. The zero-order valence-corrected chi connectivity index (χ0v) is 11.7. The van der Waals surface area contributed by atoms with Crippen LogP contribution in [0.25, 0.3) is 0 Å². The highest BCUT2D eigenvalue weighted by Crippen LogP contribution is 2.31. The minimum absolute atomic E-state index is 0.289. The number of fused-ring (bicyclic) bond motifs is 1. The van der Waals surface area contributed by atoms with Gasteiger partial charge in [-0.15, -0.1) is 0 Å². The second-order valence-electron chi connectivity index (χ2n) is 4.94. The van der Waals surface area contributed by atoms with Crippen molar-refractivity contribution in [1.29, 1.82) is 0 Å². The van der Waals surface area contributed by atoms with Crippen LogP contribution in [0.1, 0.15) is 36.9 Å². The number of nitrogens with zero attached hydrogens (tertiary/aromatic N) is 2. The molecule has 3 rings (SSSR count). The average molecular weight is 269 g/mol. The number of rotatable bonds is 4. The molecule has 1 heterocycles. The zero-order valence-electron chi connectivity index (χ0n) is 11.7. The second kappa shape index (κ2) is 5.90. The largest absolute Gasteiger partial charge is 0.478 e. The smallest absolute Gasteiger partial charge is 0.226 e. The van der Waals surface area contributed by atoms with Gasteiger partial charge < -0.3 is 10.1 Å². The van der Waals surface area contributed by atoms with E-state index < -0.39 is 0 Å². The third-order valence-corrected chi connectivity index (χ3v) is 3.60. The van der Waals surface area contributed by atoms with Gasteiger partial charge in [0.05, 0.1) is 12.6 Å². The molecule has 0 spiro atoms. The Balaban J connectivity index is 1.80. The first-order chi connectivity index (χ1) is 9.86. The lowest BCUT2D eigenvalue weighted by Gasteiger charge is -2.26. The Morgan fingerprint density at radius 1 is 1.30 bits per heavy atom. The van der Waals surface area contributed by atoms with E-state index in [1.54, 1.807) is 12.3 Å². The molecule has 4 heteroatoms. The summed E-state index contributed by atoms with van der Waals surface area (Å²) in [6, 6.07) is 10.7. The van der Waals surface area contributed by atoms with Gasteiger partial charge in [-0.3, -0.25) is 0 Å². The molecule has 1 N–H and O–H groups in total. The van der Waals surface area contributed by atoms with Gasteiger partial charge in [0, 0.05) is 12.3 Å². The highest BCUT2D eigenvalue weighted by Gasteiger charge is 2.20. The van der Waals surface area contributed by atoms with Gasteiger partial charge in [-0.1, -0.05) is 24.3 Å². The zero-order chi connectivity index (χ0) is 13.8. The van der Waals surface area contributed by atoms with Crippen molar-refractivity contribution in [3.05, 3.63) is 47.7 Å². The molecule has 2 aromatic rings. The highest BCUT2D eigenvalue weighted by atomic mass is 16.5. The van der Waals surface area contributed by atoms with Gasteiger partial charge in [0.25, 0.3) is 0 Å². The minimum atomic E-state index is 0.289. The molecule has 1 aromatic carbocycles. The molecular weight excluding hydrogens is 250 g/mol. The number of hydrogen-bond acceptors (Lipinski definition) is 4. The quantitative estimate of drug-likeness (QED) is 0.924. The van der Waals surface area contributed by atoms with Gasteiger partial charge in [0.15, 0.2) is 0 Å². The van der Waals surface area contributed by atoms with Crippen LogP contribution in [0.4, 0.5) is 5.95 Å². The molecule has 0 aliphatic heterocycles. The molecule has 0 saturated heterocycles. The van der Waals surface area contributed by atoms with E-state index >= 15 is 0 Å². The summed E-state index contributed by atoms with van der Waals surface area (Å²) >= 11 is 0. The molecule has 0 radical (unpaired) electrons. The molecule has 1 aliphatic rings. The summed E-state index contributed by atoms with van der Waals surface area (Å²) in [4.78, 5) is 8.67. The first-order valence-corrected chi connectivity index (χ1v) is 7.17. The maximum absolute atomic E-state index is 5.41. The summed E-state index contributed by atoms with van der Waals surface area (Å²) in [6.07, 6.45) is 5.20. The van der Waals surface area contributed by atoms with Crippen molar-refractivity contribution in [2.45, 2.75) is 32.2 Å². The van der Waals surface area contributed by atoms with Crippen LogP contribution in [0.2, 0.25) is 0 Å². The van der Waals surface area contributed by atoms with Crippen molar-refractivity contribution in [2.24, 2.45) is 0 Å². The molecule has 0 fully saturated rings. The number of nitrogens with one attached hydrogen (secondary N) is 1. The predicted octanol–water partition coefficient (Wildman–Crippen LogP) is 3.36. The van der Waals surface area contributed by atoms with Crippen molar-refractivity contribution < 1.29 is 4.74 Å². The van der Waals surface area contributed by atoms with Crippen LogP contribution in [0, 0.1) is 0 Å². The second-order valence-corrected chi connectivity index (χ2v) is 4.94. The van der Waals surface area contributed by atoms with Crippen molar-refractivity contribution in [2.75, 3.05) is 11.9 Å². The number of aromatic nitrogens is 2. The summed E-state index contributed by atoms with van der Waals surface area (Å²) in [7, 11) is 0.